The number of thioether (sulfide) groups is 1. The molecule has 0 aliphatic heterocycles. The summed E-state index contributed by atoms with van der Waals surface area (Å²) in [6.07, 6.45) is 2.59. The van der Waals surface area contributed by atoms with Crippen molar-refractivity contribution in [2.75, 3.05) is 25.4 Å². The predicted molar refractivity (Wildman–Crippen MR) is 73.9 cm³/mol. The second-order valence-corrected chi connectivity index (χ2v) is 5.90. The van der Waals surface area contributed by atoms with Crippen molar-refractivity contribution in [1.29, 1.82) is 0 Å². The van der Waals surface area contributed by atoms with Gasteiger partial charge >= 0.3 is 0 Å². The molecule has 0 aromatic heterocycles. The smallest absolute Gasteiger partial charge is 0.0558 e. The van der Waals surface area contributed by atoms with Gasteiger partial charge in [0.1, 0.15) is 0 Å². The summed E-state index contributed by atoms with van der Waals surface area (Å²) in [7, 11) is 0. The molecule has 17 heavy (non-hydrogen) atoms. The fourth-order valence-electron chi connectivity index (χ4n) is 1.86. The van der Waals surface area contributed by atoms with E-state index >= 15 is 0 Å². The van der Waals surface area contributed by atoms with Gasteiger partial charge in [-0.3, -0.25) is 4.90 Å². The monoisotopic (exact) mass is 271 g/mol. The van der Waals surface area contributed by atoms with E-state index in [-0.39, 0.29) is 6.61 Å². The highest BCUT2D eigenvalue weighted by Crippen LogP contribution is 2.27. The van der Waals surface area contributed by atoms with Crippen LogP contribution in [0.2, 0.25) is 5.02 Å². The lowest BCUT2D eigenvalue weighted by molar-refractivity contribution is 0.197. The van der Waals surface area contributed by atoms with E-state index in [0.717, 1.165) is 29.9 Å². The van der Waals surface area contributed by atoms with Gasteiger partial charge in [-0.05, 0) is 37.1 Å². The number of nitrogens with zero attached hydrogens (tertiary/aromatic N) is 1. The van der Waals surface area contributed by atoms with Crippen LogP contribution in [0.5, 0.6) is 0 Å². The van der Waals surface area contributed by atoms with Gasteiger partial charge in [-0.1, -0.05) is 11.6 Å². The zero-order valence-corrected chi connectivity index (χ0v) is 11.4. The standard InChI is InChI=1S/C13H18ClNOS/c14-11-1-5-13(6-2-11)17-10-8-15(7-9-16)12-3-4-12/h1-2,5-6,12,16H,3-4,7-10H2. The third kappa shape index (κ3) is 4.51. The van der Waals surface area contributed by atoms with Crippen LogP contribution in [0.15, 0.2) is 29.2 Å². The highest BCUT2D eigenvalue weighted by atomic mass is 35.5. The summed E-state index contributed by atoms with van der Waals surface area (Å²) in [5.74, 6) is 1.07. The van der Waals surface area contributed by atoms with Crippen LogP contribution in [0.3, 0.4) is 0 Å². The van der Waals surface area contributed by atoms with Crippen molar-refractivity contribution in [3.8, 4) is 0 Å². The van der Waals surface area contributed by atoms with Crippen molar-refractivity contribution in [3.63, 3.8) is 0 Å². The number of hydrogen-bond acceptors (Lipinski definition) is 3. The van der Waals surface area contributed by atoms with Crippen molar-refractivity contribution in [2.24, 2.45) is 0 Å². The van der Waals surface area contributed by atoms with E-state index in [0.29, 0.717) is 0 Å². The van der Waals surface area contributed by atoms with E-state index in [4.69, 9.17) is 16.7 Å². The molecule has 0 bridgehead atoms. The SMILES string of the molecule is OCCN(CCSc1ccc(Cl)cc1)C1CC1. The molecule has 0 spiro atoms. The predicted octanol–water partition coefficient (Wildman–Crippen LogP) is 2.89. The van der Waals surface area contributed by atoms with E-state index in [1.54, 1.807) is 0 Å². The van der Waals surface area contributed by atoms with Crippen LogP contribution >= 0.6 is 23.4 Å². The number of aliphatic hydroxyl groups excluding tert-OH is 1. The number of halogens is 1. The maximum Gasteiger partial charge on any atom is 0.0558 e. The fraction of sp³-hybridized carbons (Fsp3) is 0.538. The topological polar surface area (TPSA) is 23.5 Å². The first-order valence-corrected chi connectivity index (χ1v) is 7.39. The van der Waals surface area contributed by atoms with E-state index in [2.05, 4.69) is 17.0 Å². The molecule has 0 amide bonds. The highest BCUT2D eigenvalue weighted by Gasteiger charge is 2.27. The number of benzene rings is 1. The van der Waals surface area contributed by atoms with Gasteiger partial charge in [-0.15, -0.1) is 11.8 Å². The molecule has 2 nitrogen and oxygen atoms in total. The van der Waals surface area contributed by atoms with Gasteiger partial charge in [-0.25, -0.2) is 0 Å². The molecule has 1 aliphatic rings. The van der Waals surface area contributed by atoms with Crippen molar-refractivity contribution < 1.29 is 5.11 Å². The largest absolute Gasteiger partial charge is 0.395 e. The van der Waals surface area contributed by atoms with Gasteiger partial charge in [-0.2, -0.15) is 0 Å². The average Bonchev–Trinajstić information content (AvgIpc) is 3.15. The summed E-state index contributed by atoms with van der Waals surface area (Å²) in [6.45, 7) is 2.13. The molecule has 1 aromatic carbocycles. The molecule has 0 heterocycles. The van der Waals surface area contributed by atoms with Gasteiger partial charge in [0.25, 0.3) is 0 Å². The minimum Gasteiger partial charge on any atom is -0.395 e. The number of rotatable bonds is 7. The normalized spacial score (nSPS) is 15.5. The molecule has 1 N–H and O–H groups in total. The third-order valence-corrected chi connectivity index (χ3v) is 4.16. The Bertz CT molecular complexity index is 340. The summed E-state index contributed by atoms with van der Waals surface area (Å²) in [5.41, 5.74) is 0. The number of hydrogen-bond donors (Lipinski definition) is 1. The molecule has 1 aliphatic carbocycles. The van der Waals surface area contributed by atoms with Crippen LogP contribution in [0, 0.1) is 0 Å². The van der Waals surface area contributed by atoms with Crippen molar-refractivity contribution in [1.82, 2.24) is 4.90 Å². The van der Waals surface area contributed by atoms with E-state index in [9.17, 15) is 0 Å². The lowest BCUT2D eigenvalue weighted by atomic mass is 10.4. The van der Waals surface area contributed by atoms with Gasteiger partial charge in [0.05, 0.1) is 6.61 Å². The summed E-state index contributed by atoms with van der Waals surface area (Å²) >= 11 is 7.69. The molecule has 0 unspecified atom stereocenters. The van der Waals surface area contributed by atoms with Gasteiger partial charge < -0.3 is 5.11 Å². The lowest BCUT2D eigenvalue weighted by Gasteiger charge is -2.20. The first-order valence-electron chi connectivity index (χ1n) is 6.03. The van der Waals surface area contributed by atoms with Crippen LogP contribution < -0.4 is 0 Å². The Morgan fingerprint density at radius 3 is 2.53 bits per heavy atom. The zero-order valence-electron chi connectivity index (χ0n) is 9.81. The Morgan fingerprint density at radius 2 is 1.94 bits per heavy atom. The van der Waals surface area contributed by atoms with Crippen molar-refractivity contribution >= 4 is 23.4 Å². The molecule has 0 atom stereocenters. The Kier molecular flexibility index (Phi) is 5.16. The minimum atomic E-state index is 0.266. The maximum absolute atomic E-state index is 9.00. The van der Waals surface area contributed by atoms with E-state index in [1.165, 1.54) is 17.7 Å². The quantitative estimate of drug-likeness (QED) is 0.772. The molecule has 0 saturated heterocycles. The van der Waals surface area contributed by atoms with Crippen molar-refractivity contribution in [3.05, 3.63) is 29.3 Å². The zero-order chi connectivity index (χ0) is 12.1. The minimum absolute atomic E-state index is 0.266. The number of aliphatic hydroxyl groups is 1. The van der Waals surface area contributed by atoms with Crippen LogP contribution in [0.1, 0.15) is 12.8 Å². The van der Waals surface area contributed by atoms with E-state index in [1.807, 2.05) is 23.9 Å². The van der Waals surface area contributed by atoms with Gasteiger partial charge in [0.15, 0.2) is 0 Å². The lowest BCUT2D eigenvalue weighted by Crippen LogP contribution is -2.31. The molecular weight excluding hydrogens is 254 g/mol. The second kappa shape index (κ2) is 6.64. The molecule has 2 rings (SSSR count). The van der Waals surface area contributed by atoms with Crippen LogP contribution in [0.4, 0.5) is 0 Å². The summed E-state index contributed by atoms with van der Waals surface area (Å²) < 4.78 is 0. The molecule has 1 aromatic rings. The van der Waals surface area contributed by atoms with Gasteiger partial charge in [0.2, 0.25) is 0 Å². The summed E-state index contributed by atoms with van der Waals surface area (Å²) in [6, 6.07) is 8.70. The average molecular weight is 272 g/mol. The molecular formula is C13H18ClNOS. The highest BCUT2D eigenvalue weighted by molar-refractivity contribution is 7.99. The Labute approximate surface area is 112 Å². The maximum atomic E-state index is 9.00. The third-order valence-electron chi connectivity index (χ3n) is 2.91. The first-order chi connectivity index (χ1) is 8.29. The van der Waals surface area contributed by atoms with Gasteiger partial charge in [0, 0.05) is 34.8 Å². The van der Waals surface area contributed by atoms with E-state index < -0.39 is 0 Å². The summed E-state index contributed by atoms with van der Waals surface area (Å²) in [5, 5.41) is 9.78. The Hall–Kier alpha value is -0.220. The molecule has 94 valence electrons. The van der Waals surface area contributed by atoms with Crippen LogP contribution in [0.25, 0.3) is 0 Å². The molecule has 1 saturated carbocycles. The van der Waals surface area contributed by atoms with Crippen molar-refractivity contribution in [2.45, 2.75) is 23.8 Å². The summed E-state index contributed by atoms with van der Waals surface area (Å²) in [4.78, 5) is 3.65. The fourth-order valence-corrected chi connectivity index (χ4v) is 2.87. The molecule has 0 radical (unpaired) electrons. The molecule has 1 fully saturated rings. The van der Waals surface area contributed by atoms with Crippen LogP contribution in [-0.2, 0) is 0 Å². The molecule has 4 heteroatoms. The first kappa shape index (κ1) is 13.2. The Balaban J connectivity index is 1.72. The van der Waals surface area contributed by atoms with Crippen LogP contribution in [-0.4, -0.2) is 41.5 Å². The second-order valence-electron chi connectivity index (χ2n) is 4.29. The Morgan fingerprint density at radius 1 is 1.24 bits per heavy atom.